The molecule has 0 radical (unpaired) electrons. The summed E-state index contributed by atoms with van der Waals surface area (Å²) in [5, 5.41) is 0. The van der Waals surface area contributed by atoms with Gasteiger partial charge in [-0.2, -0.15) is 0 Å². The molecule has 3 nitrogen and oxygen atoms in total. The van der Waals surface area contributed by atoms with E-state index in [1.54, 1.807) is 6.92 Å². The Kier molecular flexibility index (Phi) is 4.64. The van der Waals surface area contributed by atoms with E-state index in [2.05, 4.69) is 39.0 Å². The van der Waals surface area contributed by atoms with Crippen molar-refractivity contribution in [1.29, 1.82) is 0 Å². The lowest BCUT2D eigenvalue weighted by molar-refractivity contribution is -0.119. The fraction of sp³-hybridized carbons (Fsp3) is 0.533. The highest BCUT2D eigenvalue weighted by molar-refractivity contribution is 5.98. The molecule has 106 valence electrons. The molecule has 0 bridgehead atoms. The van der Waals surface area contributed by atoms with Crippen molar-refractivity contribution < 1.29 is 4.79 Å². The Morgan fingerprint density at radius 1 is 1.37 bits per heavy atom. The van der Waals surface area contributed by atoms with Crippen LogP contribution in [0.1, 0.15) is 38.8 Å². The summed E-state index contributed by atoms with van der Waals surface area (Å²) < 4.78 is 0. The maximum Gasteiger partial charge on any atom is 0.243 e. The Morgan fingerprint density at radius 3 is 2.53 bits per heavy atom. The van der Waals surface area contributed by atoms with Gasteiger partial charge in [-0.25, -0.2) is 0 Å². The second kappa shape index (κ2) is 5.51. The largest absolute Gasteiger partial charge is 0.320 e. The Morgan fingerprint density at radius 2 is 2.00 bits per heavy atom. The van der Waals surface area contributed by atoms with Crippen LogP contribution < -0.4 is 10.6 Å². The zero-order valence-corrected chi connectivity index (χ0v) is 12.9. The number of fused-ring (bicyclic) bond motifs is 1. The number of anilines is 1. The molecule has 0 saturated carbocycles. The van der Waals surface area contributed by atoms with Crippen molar-refractivity contribution in [2.45, 2.75) is 45.6 Å². The summed E-state index contributed by atoms with van der Waals surface area (Å²) in [5.41, 5.74) is 9.44. The number of carbonyl (C=O) groups is 1. The number of rotatable bonds is 1. The zero-order chi connectivity index (χ0) is 13.5. The van der Waals surface area contributed by atoms with Crippen molar-refractivity contribution in [3.63, 3.8) is 0 Å². The lowest BCUT2D eigenvalue weighted by Gasteiger charge is -2.22. The molecule has 2 N–H and O–H groups in total. The van der Waals surface area contributed by atoms with Crippen LogP contribution >= 0.6 is 12.4 Å². The van der Waals surface area contributed by atoms with Crippen molar-refractivity contribution in [3.8, 4) is 0 Å². The average molecular weight is 283 g/mol. The molecule has 1 atom stereocenters. The third kappa shape index (κ3) is 3.10. The van der Waals surface area contributed by atoms with Crippen LogP contribution in [-0.4, -0.2) is 18.5 Å². The molecule has 0 aliphatic carbocycles. The molecule has 1 aliphatic heterocycles. The maximum atomic E-state index is 12.0. The van der Waals surface area contributed by atoms with E-state index in [-0.39, 0.29) is 23.7 Å². The van der Waals surface area contributed by atoms with Crippen LogP contribution in [0.25, 0.3) is 0 Å². The minimum absolute atomic E-state index is 0. The predicted octanol–water partition coefficient (Wildman–Crippen LogP) is 2.64. The number of halogens is 1. The minimum atomic E-state index is -0.432. The van der Waals surface area contributed by atoms with Gasteiger partial charge in [0.15, 0.2) is 0 Å². The predicted molar refractivity (Wildman–Crippen MR) is 82.1 cm³/mol. The van der Waals surface area contributed by atoms with Gasteiger partial charge in [0.05, 0.1) is 6.04 Å². The highest BCUT2D eigenvalue weighted by atomic mass is 35.5. The molecule has 1 heterocycles. The monoisotopic (exact) mass is 282 g/mol. The van der Waals surface area contributed by atoms with Crippen molar-refractivity contribution in [1.82, 2.24) is 0 Å². The third-order valence-electron chi connectivity index (χ3n) is 3.50. The molecule has 0 fully saturated rings. The van der Waals surface area contributed by atoms with Gasteiger partial charge in [-0.05, 0) is 36.0 Å². The Bertz CT molecular complexity index is 478. The SMILES string of the molecule is C[C@H](N)C(=O)N1CCc2cc(C(C)(C)C)ccc21.Cl. The summed E-state index contributed by atoms with van der Waals surface area (Å²) in [7, 11) is 0. The fourth-order valence-corrected chi connectivity index (χ4v) is 2.34. The van der Waals surface area contributed by atoms with E-state index in [1.165, 1.54) is 11.1 Å². The molecule has 19 heavy (non-hydrogen) atoms. The van der Waals surface area contributed by atoms with Crippen LogP contribution in [0, 0.1) is 0 Å². The van der Waals surface area contributed by atoms with Gasteiger partial charge in [0, 0.05) is 12.2 Å². The number of hydrogen-bond acceptors (Lipinski definition) is 2. The van der Waals surface area contributed by atoms with E-state index in [9.17, 15) is 4.79 Å². The second-order valence-electron chi connectivity index (χ2n) is 6.12. The number of nitrogens with two attached hydrogens (primary N) is 1. The van der Waals surface area contributed by atoms with Gasteiger partial charge in [-0.1, -0.05) is 32.9 Å². The summed E-state index contributed by atoms with van der Waals surface area (Å²) in [6.45, 7) is 9.10. The molecule has 2 rings (SSSR count). The van der Waals surface area contributed by atoms with E-state index >= 15 is 0 Å². The normalized spacial score (nSPS) is 15.7. The van der Waals surface area contributed by atoms with Crippen LogP contribution in [0.3, 0.4) is 0 Å². The van der Waals surface area contributed by atoms with Crippen molar-refractivity contribution >= 4 is 24.0 Å². The standard InChI is InChI=1S/C15H22N2O.ClH/c1-10(16)14(18)17-8-7-11-9-12(15(2,3)4)5-6-13(11)17;/h5-6,9-10H,7-8,16H2,1-4H3;1H/t10-;/m0./s1. The maximum absolute atomic E-state index is 12.0. The van der Waals surface area contributed by atoms with E-state index in [0.717, 1.165) is 18.7 Å². The van der Waals surface area contributed by atoms with Crippen LogP contribution in [0.5, 0.6) is 0 Å². The molecular formula is C15H23ClN2O. The molecule has 0 saturated heterocycles. The number of hydrogen-bond donors (Lipinski definition) is 1. The summed E-state index contributed by atoms with van der Waals surface area (Å²) in [6, 6.07) is 5.97. The smallest absolute Gasteiger partial charge is 0.243 e. The van der Waals surface area contributed by atoms with E-state index in [4.69, 9.17) is 5.73 Å². The van der Waals surface area contributed by atoms with Gasteiger partial charge in [0.1, 0.15) is 0 Å². The number of nitrogens with zero attached hydrogens (tertiary/aromatic N) is 1. The Hall–Kier alpha value is -1.06. The lowest BCUT2D eigenvalue weighted by Crippen LogP contribution is -2.41. The first kappa shape index (κ1) is 16.0. The molecule has 1 aromatic rings. The fourth-order valence-electron chi connectivity index (χ4n) is 2.34. The summed E-state index contributed by atoms with van der Waals surface area (Å²) in [5.74, 6) is 0.0114. The third-order valence-corrected chi connectivity index (χ3v) is 3.50. The summed E-state index contributed by atoms with van der Waals surface area (Å²) >= 11 is 0. The Labute approximate surface area is 121 Å². The quantitative estimate of drug-likeness (QED) is 0.861. The molecule has 0 aromatic heterocycles. The van der Waals surface area contributed by atoms with Gasteiger partial charge in [0.25, 0.3) is 0 Å². The van der Waals surface area contributed by atoms with Gasteiger partial charge < -0.3 is 10.6 Å². The zero-order valence-electron chi connectivity index (χ0n) is 12.1. The lowest BCUT2D eigenvalue weighted by atomic mass is 9.86. The van der Waals surface area contributed by atoms with Gasteiger partial charge in [-0.3, -0.25) is 4.79 Å². The molecule has 1 aromatic carbocycles. The number of carbonyl (C=O) groups excluding carboxylic acids is 1. The molecule has 4 heteroatoms. The van der Waals surface area contributed by atoms with Crippen molar-refractivity contribution in [2.24, 2.45) is 5.73 Å². The van der Waals surface area contributed by atoms with Crippen LogP contribution in [0.15, 0.2) is 18.2 Å². The molecule has 1 aliphatic rings. The van der Waals surface area contributed by atoms with E-state index in [0.29, 0.717) is 0 Å². The number of amides is 1. The summed E-state index contributed by atoms with van der Waals surface area (Å²) in [4.78, 5) is 13.8. The molecule has 0 unspecified atom stereocenters. The second-order valence-corrected chi connectivity index (χ2v) is 6.12. The highest BCUT2D eigenvalue weighted by Crippen LogP contribution is 2.33. The number of benzene rings is 1. The van der Waals surface area contributed by atoms with E-state index in [1.807, 2.05) is 4.90 Å². The van der Waals surface area contributed by atoms with Crippen LogP contribution in [0.4, 0.5) is 5.69 Å². The van der Waals surface area contributed by atoms with Crippen molar-refractivity contribution in [2.75, 3.05) is 11.4 Å². The molecule has 1 amide bonds. The first-order chi connectivity index (χ1) is 8.30. The van der Waals surface area contributed by atoms with Crippen molar-refractivity contribution in [3.05, 3.63) is 29.3 Å². The molecular weight excluding hydrogens is 260 g/mol. The van der Waals surface area contributed by atoms with Gasteiger partial charge >= 0.3 is 0 Å². The Balaban J connectivity index is 0.00000180. The van der Waals surface area contributed by atoms with Crippen LogP contribution in [-0.2, 0) is 16.6 Å². The average Bonchev–Trinajstić information content (AvgIpc) is 2.69. The molecule has 0 spiro atoms. The summed E-state index contributed by atoms with van der Waals surface area (Å²) in [6.07, 6.45) is 0.928. The first-order valence-electron chi connectivity index (χ1n) is 6.51. The van der Waals surface area contributed by atoms with Crippen LogP contribution in [0.2, 0.25) is 0 Å². The minimum Gasteiger partial charge on any atom is -0.320 e. The first-order valence-corrected chi connectivity index (χ1v) is 6.51. The van der Waals surface area contributed by atoms with Gasteiger partial charge in [0.2, 0.25) is 5.91 Å². The van der Waals surface area contributed by atoms with E-state index < -0.39 is 6.04 Å². The van der Waals surface area contributed by atoms with Gasteiger partial charge in [-0.15, -0.1) is 12.4 Å². The highest BCUT2D eigenvalue weighted by Gasteiger charge is 2.27. The topological polar surface area (TPSA) is 46.3 Å².